The van der Waals surface area contributed by atoms with Crippen molar-refractivity contribution in [2.24, 2.45) is 5.92 Å². The number of hydrogen-bond donors (Lipinski definition) is 1. The van der Waals surface area contributed by atoms with E-state index in [0.29, 0.717) is 0 Å². The number of rotatable bonds is 7. The highest BCUT2D eigenvalue weighted by molar-refractivity contribution is 7.80. The molecule has 5 heteroatoms. The number of hydrogen-bond acceptors (Lipinski definition) is 3. The SMILES string of the molecule is Cc1cccc(NC(=S)N(CCCN2CCC(C)CC2)Cc2cccs2)c1. The van der Waals surface area contributed by atoms with Crippen LogP contribution < -0.4 is 5.32 Å². The van der Waals surface area contributed by atoms with Crippen molar-refractivity contribution in [3.8, 4) is 0 Å². The average Bonchev–Trinajstić information content (AvgIpc) is 3.15. The zero-order chi connectivity index (χ0) is 19.1. The van der Waals surface area contributed by atoms with E-state index >= 15 is 0 Å². The first-order valence-electron chi connectivity index (χ1n) is 9.97. The number of aryl methyl sites for hydroxylation is 1. The van der Waals surface area contributed by atoms with Crippen molar-refractivity contribution in [1.29, 1.82) is 0 Å². The summed E-state index contributed by atoms with van der Waals surface area (Å²) in [6, 6.07) is 12.7. The molecule has 0 bridgehead atoms. The number of thiocarbonyl (C=S) groups is 1. The number of nitrogens with one attached hydrogen (secondary N) is 1. The second kappa shape index (κ2) is 10.2. The van der Waals surface area contributed by atoms with Gasteiger partial charge in [-0.25, -0.2) is 0 Å². The lowest BCUT2D eigenvalue weighted by Gasteiger charge is -2.31. The number of thiophene rings is 1. The van der Waals surface area contributed by atoms with Gasteiger partial charge in [-0.05, 0) is 93.1 Å². The zero-order valence-electron chi connectivity index (χ0n) is 16.5. The predicted molar refractivity (Wildman–Crippen MR) is 122 cm³/mol. The largest absolute Gasteiger partial charge is 0.344 e. The lowest BCUT2D eigenvalue weighted by molar-refractivity contribution is 0.186. The molecule has 0 unspecified atom stereocenters. The van der Waals surface area contributed by atoms with Crippen LogP contribution in [0.2, 0.25) is 0 Å². The van der Waals surface area contributed by atoms with E-state index in [-0.39, 0.29) is 0 Å². The Morgan fingerprint density at radius 1 is 1.26 bits per heavy atom. The summed E-state index contributed by atoms with van der Waals surface area (Å²) in [6.45, 7) is 10.0. The molecule has 3 nitrogen and oxygen atoms in total. The fraction of sp³-hybridized carbons (Fsp3) is 0.500. The summed E-state index contributed by atoms with van der Waals surface area (Å²) < 4.78 is 0. The smallest absolute Gasteiger partial charge is 0.173 e. The summed E-state index contributed by atoms with van der Waals surface area (Å²) in [7, 11) is 0. The van der Waals surface area contributed by atoms with Crippen LogP contribution in [0.15, 0.2) is 41.8 Å². The monoisotopic (exact) mass is 401 g/mol. The Labute approximate surface area is 173 Å². The van der Waals surface area contributed by atoms with Crippen LogP contribution in [0.3, 0.4) is 0 Å². The van der Waals surface area contributed by atoms with Crippen LogP contribution in [-0.2, 0) is 6.54 Å². The van der Waals surface area contributed by atoms with Crippen LogP contribution in [0, 0.1) is 12.8 Å². The first kappa shape index (κ1) is 20.3. The molecule has 0 atom stereocenters. The molecule has 1 aliphatic heterocycles. The Morgan fingerprint density at radius 2 is 2.07 bits per heavy atom. The van der Waals surface area contributed by atoms with Crippen molar-refractivity contribution in [2.75, 3.05) is 31.5 Å². The van der Waals surface area contributed by atoms with E-state index < -0.39 is 0 Å². The maximum Gasteiger partial charge on any atom is 0.173 e. The Morgan fingerprint density at radius 3 is 2.78 bits per heavy atom. The fourth-order valence-corrected chi connectivity index (χ4v) is 4.53. The zero-order valence-corrected chi connectivity index (χ0v) is 18.1. The lowest BCUT2D eigenvalue weighted by Crippen LogP contribution is -2.38. The van der Waals surface area contributed by atoms with Crippen LogP contribution in [0.4, 0.5) is 5.69 Å². The van der Waals surface area contributed by atoms with Crippen LogP contribution in [0.25, 0.3) is 0 Å². The van der Waals surface area contributed by atoms with Crippen LogP contribution in [0.1, 0.15) is 36.6 Å². The maximum atomic E-state index is 5.76. The summed E-state index contributed by atoms with van der Waals surface area (Å²) in [5.41, 5.74) is 2.31. The number of likely N-dealkylation sites (tertiary alicyclic amines) is 1. The summed E-state index contributed by atoms with van der Waals surface area (Å²) in [5, 5.41) is 6.40. The number of piperidine rings is 1. The van der Waals surface area contributed by atoms with Gasteiger partial charge >= 0.3 is 0 Å². The highest BCUT2D eigenvalue weighted by atomic mass is 32.1. The predicted octanol–water partition coefficient (Wildman–Crippen LogP) is 5.38. The quantitative estimate of drug-likeness (QED) is 0.628. The van der Waals surface area contributed by atoms with Gasteiger partial charge in [-0.3, -0.25) is 0 Å². The molecule has 146 valence electrons. The summed E-state index contributed by atoms with van der Waals surface area (Å²) in [5.74, 6) is 0.891. The van der Waals surface area contributed by atoms with Crippen molar-refractivity contribution >= 4 is 34.4 Å². The number of nitrogens with zero attached hydrogens (tertiary/aromatic N) is 2. The third kappa shape index (κ3) is 6.59. The van der Waals surface area contributed by atoms with Gasteiger partial charge in [-0.15, -0.1) is 11.3 Å². The molecule has 1 saturated heterocycles. The third-order valence-corrected chi connectivity index (χ3v) is 6.48. The minimum absolute atomic E-state index is 0.821. The van der Waals surface area contributed by atoms with Crippen LogP contribution >= 0.6 is 23.6 Å². The molecule has 2 aromatic rings. The van der Waals surface area contributed by atoms with Crippen molar-refractivity contribution < 1.29 is 0 Å². The normalized spacial score (nSPS) is 15.6. The van der Waals surface area contributed by atoms with E-state index in [9.17, 15) is 0 Å². The van der Waals surface area contributed by atoms with Gasteiger partial charge in [0, 0.05) is 17.1 Å². The highest BCUT2D eigenvalue weighted by Crippen LogP contribution is 2.18. The van der Waals surface area contributed by atoms with Gasteiger partial charge in [0.15, 0.2) is 5.11 Å². The second-order valence-electron chi connectivity index (χ2n) is 7.68. The molecule has 1 N–H and O–H groups in total. The van der Waals surface area contributed by atoms with Gasteiger partial charge in [-0.1, -0.05) is 25.1 Å². The van der Waals surface area contributed by atoms with E-state index in [1.54, 1.807) is 11.3 Å². The van der Waals surface area contributed by atoms with Crippen molar-refractivity contribution in [3.63, 3.8) is 0 Å². The summed E-state index contributed by atoms with van der Waals surface area (Å²) in [6.07, 6.45) is 3.83. The topological polar surface area (TPSA) is 18.5 Å². The molecule has 0 spiro atoms. The molecule has 1 fully saturated rings. The van der Waals surface area contributed by atoms with E-state index in [1.807, 2.05) is 0 Å². The molecule has 0 aliphatic carbocycles. The second-order valence-corrected chi connectivity index (χ2v) is 9.10. The molecule has 3 rings (SSSR count). The Balaban J connectivity index is 1.55. The van der Waals surface area contributed by atoms with E-state index in [1.165, 1.54) is 42.9 Å². The van der Waals surface area contributed by atoms with Crippen molar-refractivity contribution in [3.05, 3.63) is 52.2 Å². The highest BCUT2D eigenvalue weighted by Gasteiger charge is 2.16. The van der Waals surface area contributed by atoms with Crippen molar-refractivity contribution in [1.82, 2.24) is 9.80 Å². The van der Waals surface area contributed by atoms with Crippen LogP contribution in [-0.4, -0.2) is 41.1 Å². The molecule has 2 heterocycles. The third-order valence-electron chi connectivity index (χ3n) is 5.26. The Kier molecular flexibility index (Phi) is 7.68. The van der Waals surface area contributed by atoms with Gasteiger partial charge in [0.05, 0.1) is 6.54 Å². The van der Waals surface area contributed by atoms with Gasteiger partial charge in [0.25, 0.3) is 0 Å². The number of benzene rings is 1. The van der Waals surface area contributed by atoms with Gasteiger partial charge in [0.1, 0.15) is 0 Å². The first-order valence-corrected chi connectivity index (χ1v) is 11.3. The molecule has 0 saturated carbocycles. The minimum atomic E-state index is 0.821. The fourth-order valence-electron chi connectivity index (χ4n) is 3.54. The molecule has 27 heavy (non-hydrogen) atoms. The van der Waals surface area contributed by atoms with E-state index in [4.69, 9.17) is 12.2 Å². The minimum Gasteiger partial charge on any atom is -0.344 e. The molecule has 1 aromatic heterocycles. The van der Waals surface area contributed by atoms with E-state index in [0.717, 1.165) is 36.2 Å². The number of anilines is 1. The molecule has 0 amide bonds. The van der Waals surface area contributed by atoms with Crippen molar-refractivity contribution in [2.45, 2.75) is 39.7 Å². The summed E-state index contributed by atoms with van der Waals surface area (Å²) in [4.78, 5) is 6.28. The maximum absolute atomic E-state index is 5.76. The average molecular weight is 402 g/mol. The molecule has 0 radical (unpaired) electrons. The van der Waals surface area contributed by atoms with Gasteiger partial charge in [-0.2, -0.15) is 0 Å². The molecular weight excluding hydrogens is 370 g/mol. The standard InChI is InChI=1S/C22H31N3S2/c1-18-9-13-24(14-10-18)11-5-12-25(17-21-8-4-15-27-21)22(26)23-20-7-3-6-19(2)16-20/h3-4,6-8,15-16,18H,5,9-14,17H2,1-2H3,(H,23,26). The Bertz CT molecular complexity index is 706. The van der Waals surface area contributed by atoms with Gasteiger partial charge in [0.2, 0.25) is 0 Å². The van der Waals surface area contributed by atoms with Gasteiger partial charge < -0.3 is 15.1 Å². The molecule has 1 aliphatic rings. The van der Waals surface area contributed by atoms with E-state index in [2.05, 4.69) is 70.7 Å². The lowest BCUT2D eigenvalue weighted by atomic mass is 9.99. The van der Waals surface area contributed by atoms with Crippen LogP contribution in [0.5, 0.6) is 0 Å². The molecule has 1 aromatic carbocycles. The Hall–Kier alpha value is -1.43. The first-order chi connectivity index (χ1) is 13.1. The summed E-state index contributed by atoms with van der Waals surface area (Å²) >= 11 is 7.56. The molecular formula is C22H31N3S2.